The fourth-order valence-corrected chi connectivity index (χ4v) is 11.7. The van der Waals surface area contributed by atoms with E-state index < -0.39 is 118 Å². The number of hydrogen-bond acceptors (Lipinski definition) is 10. The third-order valence-corrected chi connectivity index (χ3v) is 16.3. The van der Waals surface area contributed by atoms with Crippen LogP contribution in [0.3, 0.4) is 0 Å². The molecular weight excluding hydrogens is 999 g/mol. The zero-order valence-corrected chi connectivity index (χ0v) is 46.9. The summed E-state index contributed by atoms with van der Waals surface area (Å²) in [5.74, 6) is -5.27. The Labute approximate surface area is 457 Å². The molecule has 78 heavy (non-hydrogen) atoms. The first-order valence-corrected chi connectivity index (χ1v) is 27.7. The Morgan fingerprint density at radius 2 is 0.949 bits per heavy atom. The van der Waals surface area contributed by atoms with Crippen molar-refractivity contribution in [2.75, 3.05) is 27.2 Å². The number of likely N-dealkylation sites (N-methyl/N-ethyl adjacent to an activating group) is 2. The molecule has 6 N–H and O–H groups in total. The Kier molecular flexibility index (Phi) is 18.8. The van der Waals surface area contributed by atoms with Crippen molar-refractivity contribution in [3.8, 4) is 0 Å². The van der Waals surface area contributed by atoms with Crippen molar-refractivity contribution in [1.82, 2.24) is 41.7 Å². The van der Waals surface area contributed by atoms with E-state index in [-0.39, 0.29) is 61.5 Å². The third kappa shape index (κ3) is 13.5. The van der Waals surface area contributed by atoms with E-state index in [1.54, 1.807) is 58.3 Å². The molecule has 2 aliphatic carbocycles. The number of nitrogens with one attached hydrogen (secondary N) is 6. The number of ketones is 2. The zero-order valence-electron chi connectivity index (χ0n) is 46.9. The van der Waals surface area contributed by atoms with E-state index >= 15 is 8.78 Å². The van der Waals surface area contributed by atoms with Gasteiger partial charge in [-0.1, -0.05) is 84.0 Å². The molecule has 0 saturated carbocycles. The van der Waals surface area contributed by atoms with Crippen LogP contribution in [0.5, 0.6) is 0 Å². The van der Waals surface area contributed by atoms with Gasteiger partial charge in [-0.2, -0.15) is 0 Å². The minimum absolute atomic E-state index is 0.0169. The van der Waals surface area contributed by atoms with Gasteiger partial charge in [-0.15, -0.1) is 0 Å². The highest BCUT2D eigenvalue weighted by Crippen LogP contribution is 2.37. The van der Waals surface area contributed by atoms with Crippen LogP contribution in [0.4, 0.5) is 8.78 Å². The van der Waals surface area contributed by atoms with Gasteiger partial charge in [0.15, 0.2) is 11.6 Å². The predicted octanol–water partition coefficient (Wildman–Crippen LogP) is 6.21. The summed E-state index contributed by atoms with van der Waals surface area (Å²) in [6.45, 7) is 14.3. The summed E-state index contributed by atoms with van der Waals surface area (Å²) in [5, 5.41) is 17.6. The molecule has 18 heteroatoms. The van der Waals surface area contributed by atoms with Crippen LogP contribution in [0, 0.1) is 34.3 Å². The lowest BCUT2D eigenvalue weighted by atomic mass is 9.85. The second kappa shape index (κ2) is 24.7. The molecule has 7 rings (SSSR count). The van der Waals surface area contributed by atoms with Crippen LogP contribution in [-0.4, -0.2) is 120 Å². The molecule has 4 aliphatic rings. The van der Waals surface area contributed by atoms with E-state index in [0.29, 0.717) is 36.8 Å². The molecule has 422 valence electrons. The molecule has 2 saturated heterocycles. The first-order chi connectivity index (χ1) is 36.8. The Bertz CT molecular complexity index is 2590. The first-order valence-electron chi connectivity index (χ1n) is 27.7. The van der Waals surface area contributed by atoms with Gasteiger partial charge >= 0.3 is 0 Å². The van der Waals surface area contributed by atoms with E-state index in [1.165, 1.54) is 28.0 Å². The zero-order chi connectivity index (χ0) is 57.0. The van der Waals surface area contributed by atoms with Gasteiger partial charge in [0.25, 0.3) is 0 Å². The maximum Gasteiger partial charge on any atom is 0.246 e. The predicted molar refractivity (Wildman–Crippen MR) is 292 cm³/mol. The van der Waals surface area contributed by atoms with Gasteiger partial charge in [-0.05, 0) is 131 Å². The molecule has 3 aromatic carbocycles. The van der Waals surface area contributed by atoms with Crippen LogP contribution < -0.4 is 31.9 Å². The average molecular weight is 1080 g/mol. The minimum Gasteiger partial charge on any atom is -0.347 e. The summed E-state index contributed by atoms with van der Waals surface area (Å²) in [4.78, 5) is 116. The lowest BCUT2D eigenvalue weighted by molar-refractivity contribution is -0.144. The van der Waals surface area contributed by atoms with Crippen molar-refractivity contribution in [3.63, 3.8) is 0 Å². The minimum atomic E-state index is -1.04. The lowest BCUT2D eigenvalue weighted by Gasteiger charge is -2.36. The lowest BCUT2D eigenvalue weighted by Crippen LogP contribution is -2.59. The molecule has 0 aromatic heterocycles. The van der Waals surface area contributed by atoms with E-state index in [1.807, 2.05) is 53.7 Å². The number of amides is 6. The smallest absolute Gasteiger partial charge is 0.246 e. The van der Waals surface area contributed by atoms with Crippen LogP contribution in [0.1, 0.15) is 162 Å². The number of likely N-dealkylation sites (tertiary alicyclic amines) is 2. The number of carbonyl (C=O) groups excluding carboxylic acids is 8. The van der Waals surface area contributed by atoms with Gasteiger partial charge in [-0.3, -0.25) is 38.4 Å². The topological polar surface area (TPSA) is 215 Å². The van der Waals surface area contributed by atoms with Gasteiger partial charge in [-0.25, -0.2) is 8.78 Å². The number of carbonyl (C=O) groups is 8. The highest BCUT2D eigenvalue weighted by atomic mass is 19.1. The molecule has 0 spiro atoms. The molecule has 6 amide bonds. The SMILES string of the molecule is CN[C@@H](C)C(=O)N[C@H](C(=O)N1C[C@@H](CC(=O)c2cccc(C(=O)C[C@H]3C[C@@H](C(=O)NC4CCCc5cccc(F)c54)N(C(=O)[C@@H](NC(=O)[C@H](C)NC)C(C)(C)C)C3)c2)C[C@H]1C(=O)NC1CCCc2cccc(F)c21)C(C)(C)C. The van der Waals surface area contributed by atoms with Gasteiger partial charge in [0.05, 0.1) is 24.2 Å². The second-order valence-corrected chi connectivity index (χ2v) is 24.2. The summed E-state index contributed by atoms with van der Waals surface area (Å²) in [5.41, 5.74) is 1.37. The number of benzene rings is 3. The molecule has 2 heterocycles. The van der Waals surface area contributed by atoms with E-state index in [2.05, 4.69) is 31.9 Å². The Balaban J connectivity index is 1.10. The first kappa shape index (κ1) is 59.3. The third-order valence-electron chi connectivity index (χ3n) is 16.3. The Morgan fingerprint density at radius 1 is 0.577 bits per heavy atom. The van der Waals surface area contributed by atoms with E-state index in [9.17, 15) is 38.4 Å². The van der Waals surface area contributed by atoms with E-state index in [4.69, 9.17) is 0 Å². The van der Waals surface area contributed by atoms with Crippen molar-refractivity contribution >= 4 is 47.0 Å². The number of rotatable bonds is 18. The molecule has 3 aromatic rings. The number of halogens is 2. The van der Waals surface area contributed by atoms with Crippen molar-refractivity contribution in [2.45, 2.75) is 168 Å². The molecule has 16 nitrogen and oxygen atoms in total. The van der Waals surface area contributed by atoms with Gasteiger partial charge in [0, 0.05) is 48.2 Å². The quantitative estimate of drug-likeness (QED) is 0.0793. The highest BCUT2D eigenvalue weighted by molar-refractivity contribution is 6.02. The van der Waals surface area contributed by atoms with Crippen LogP contribution in [-0.2, 0) is 41.6 Å². The molecule has 2 aliphatic heterocycles. The average Bonchev–Trinajstić information content (AvgIpc) is 4.11. The van der Waals surface area contributed by atoms with Crippen LogP contribution in [0.25, 0.3) is 0 Å². The van der Waals surface area contributed by atoms with Crippen molar-refractivity contribution in [3.05, 3.63) is 106 Å². The maximum absolute atomic E-state index is 15.3. The van der Waals surface area contributed by atoms with Crippen molar-refractivity contribution in [1.29, 1.82) is 0 Å². The normalized spacial score (nSPS) is 22.7. The summed E-state index contributed by atoms with van der Waals surface area (Å²) >= 11 is 0. The monoisotopic (exact) mass is 1080 g/mol. The maximum atomic E-state index is 15.3. The van der Waals surface area contributed by atoms with Crippen LogP contribution in [0.15, 0.2) is 60.7 Å². The molecule has 2 fully saturated rings. The highest BCUT2D eigenvalue weighted by Gasteiger charge is 2.48. The Morgan fingerprint density at radius 3 is 1.31 bits per heavy atom. The number of nitrogens with zero attached hydrogens (tertiary/aromatic N) is 2. The summed E-state index contributed by atoms with van der Waals surface area (Å²) in [6, 6.07) is 9.38. The summed E-state index contributed by atoms with van der Waals surface area (Å²) < 4.78 is 30.6. The molecule has 10 atom stereocenters. The fourth-order valence-electron chi connectivity index (χ4n) is 11.7. The summed E-state index contributed by atoms with van der Waals surface area (Å²) in [7, 11) is 3.26. The number of aryl methyl sites for hydroxylation is 2. The van der Waals surface area contributed by atoms with Crippen molar-refractivity contribution in [2.24, 2.45) is 22.7 Å². The fraction of sp³-hybridized carbons (Fsp3) is 0.567. The van der Waals surface area contributed by atoms with Crippen LogP contribution >= 0.6 is 0 Å². The largest absolute Gasteiger partial charge is 0.347 e. The molecule has 0 radical (unpaired) electrons. The summed E-state index contributed by atoms with van der Waals surface area (Å²) in [6.07, 6.45) is 3.83. The molecule has 2 unspecified atom stereocenters. The number of hydrogen-bond donors (Lipinski definition) is 6. The number of fused-ring (bicyclic) bond motifs is 2. The van der Waals surface area contributed by atoms with Crippen molar-refractivity contribution < 1.29 is 47.1 Å². The second-order valence-electron chi connectivity index (χ2n) is 24.2. The molecule has 0 bridgehead atoms. The Hall–Kier alpha value is -6.40. The van der Waals surface area contributed by atoms with Gasteiger partial charge in [0.2, 0.25) is 35.4 Å². The van der Waals surface area contributed by atoms with Crippen LogP contribution in [0.2, 0.25) is 0 Å². The molecular formula is C60H80F2N8O8. The van der Waals surface area contributed by atoms with E-state index in [0.717, 1.165) is 24.0 Å². The van der Waals surface area contributed by atoms with Gasteiger partial charge in [0.1, 0.15) is 35.8 Å². The standard InChI is InChI=1S/C60H80F2N8O8/c1-33(63-9)53(73)67-51(59(3,4)5)57(77)69-31-35(26-45(69)55(75)65-43-24-14-18-37-16-12-22-41(61)49(37)43)28-47(71)39-20-11-21-40(30-39)48(72)29-36-27-46(56(76)66-44-25-15-19-38-17-13-23-42(62)50(38)44)70(32-36)58(78)52(60(6,7)8)68-54(74)34(2)64-10/h11-13,16-17,20-23,30,33-36,43-46,51-52,63-64H,14-15,18-19,24-29,31-32H2,1-10H3,(H,65,75)(H,66,76)(H,67,73)(H,68,74)/t33-,34-,35+,36+,43?,44?,45-,46-,51+,52+/m0/s1. The number of Topliss-reactive ketones (excluding diaryl/α,β-unsaturated/α-hetero) is 2. The van der Waals surface area contributed by atoms with Gasteiger partial charge < -0.3 is 41.7 Å².